The molecule has 1 saturated heterocycles. The van der Waals surface area contributed by atoms with Crippen molar-refractivity contribution in [2.45, 2.75) is 45.1 Å². The van der Waals surface area contributed by atoms with Gasteiger partial charge in [-0.3, -0.25) is 9.59 Å². The van der Waals surface area contributed by atoms with Gasteiger partial charge in [-0.1, -0.05) is 43.2 Å². The molecular formula is C19H26N2O2. The van der Waals surface area contributed by atoms with Crippen LogP contribution in [0.5, 0.6) is 0 Å². The molecule has 124 valence electrons. The lowest BCUT2D eigenvalue weighted by atomic mass is 10.0. The van der Waals surface area contributed by atoms with Gasteiger partial charge in [-0.2, -0.15) is 0 Å². The van der Waals surface area contributed by atoms with Gasteiger partial charge in [-0.05, 0) is 31.2 Å². The summed E-state index contributed by atoms with van der Waals surface area (Å²) in [6, 6.07) is 9.95. The van der Waals surface area contributed by atoms with Crippen LogP contribution in [0, 0.1) is 5.41 Å². The first-order valence-corrected chi connectivity index (χ1v) is 8.72. The Morgan fingerprint density at radius 2 is 1.65 bits per heavy atom. The predicted molar refractivity (Wildman–Crippen MR) is 89.6 cm³/mol. The van der Waals surface area contributed by atoms with Gasteiger partial charge < -0.3 is 9.80 Å². The lowest BCUT2D eigenvalue weighted by Crippen LogP contribution is -2.46. The maximum Gasteiger partial charge on any atom is 0.238 e. The molecule has 1 aliphatic heterocycles. The molecule has 0 aromatic heterocycles. The maximum atomic E-state index is 12.9. The quantitative estimate of drug-likeness (QED) is 0.802. The number of carbonyl (C=O) groups is 2. The van der Waals surface area contributed by atoms with Gasteiger partial charge in [0.1, 0.15) is 5.41 Å². The van der Waals surface area contributed by atoms with Crippen LogP contribution in [0.1, 0.15) is 44.1 Å². The molecule has 0 radical (unpaired) electrons. The first kappa shape index (κ1) is 16.0. The molecule has 4 heteroatoms. The van der Waals surface area contributed by atoms with Gasteiger partial charge in [0.2, 0.25) is 11.8 Å². The standard InChI is InChI=1S/C19H26N2O2/c1-20(15-16-9-5-4-6-10-16)17(22)19(11-12-19)18(23)21-13-7-2-3-8-14-21/h4-6,9-10H,2-3,7-8,11-15H2,1H3. The van der Waals surface area contributed by atoms with Gasteiger partial charge >= 0.3 is 0 Å². The van der Waals surface area contributed by atoms with Crippen molar-refractivity contribution in [2.75, 3.05) is 20.1 Å². The minimum Gasteiger partial charge on any atom is -0.342 e. The Hall–Kier alpha value is -1.84. The largest absolute Gasteiger partial charge is 0.342 e. The molecule has 0 unspecified atom stereocenters. The molecule has 0 atom stereocenters. The Morgan fingerprint density at radius 3 is 2.22 bits per heavy atom. The monoisotopic (exact) mass is 314 g/mol. The number of amides is 2. The van der Waals surface area contributed by atoms with E-state index in [1.54, 1.807) is 4.90 Å². The number of likely N-dealkylation sites (tertiary alicyclic amines) is 1. The van der Waals surface area contributed by atoms with Crippen LogP contribution in [0.2, 0.25) is 0 Å². The summed E-state index contributed by atoms with van der Waals surface area (Å²) in [4.78, 5) is 29.5. The van der Waals surface area contributed by atoms with Gasteiger partial charge in [-0.25, -0.2) is 0 Å². The third kappa shape index (κ3) is 3.41. The summed E-state index contributed by atoms with van der Waals surface area (Å²) in [7, 11) is 1.81. The Labute approximate surface area is 138 Å². The van der Waals surface area contributed by atoms with Crippen molar-refractivity contribution in [1.29, 1.82) is 0 Å². The zero-order valence-corrected chi connectivity index (χ0v) is 14.0. The number of hydrogen-bond donors (Lipinski definition) is 0. The van der Waals surface area contributed by atoms with Crippen molar-refractivity contribution >= 4 is 11.8 Å². The highest BCUT2D eigenvalue weighted by Crippen LogP contribution is 2.49. The van der Waals surface area contributed by atoms with Crippen LogP contribution < -0.4 is 0 Å². The van der Waals surface area contributed by atoms with Crippen LogP contribution in [-0.4, -0.2) is 41.8 Å². The van der Waals surface area contributed by atoms with E-state index in [0.717, 1.165) is 31.5 Å². The molecule has 2 amide bonds. The van der Waals surface area contributed by atoms with Crippen LogP contribution in [0.25, 0.3) is 0 Å². The van der Waals surface area contributed by atoms with E-state index in [-0.39, 0.29) is 11.8 Å². The fourth-order valence-corrected chi connectivity index (χ4v) is 3.52. The molecule has 2 fully saturated rings. The molecule has 1 aromatic rings. The highest BCUT2D eigenvalue weighted by molar-refractivity contribution is 6.07. The lowest BCUT2D eigenvalue weighted by Gasteiger charge is -2.28. The van der Waals surface area contributed by atoms with E-state index in [1.807, 2.05) is 42.3 Å². The molecule has 2 aliphatic rings. The molecular weight excluding hydrogens is 288 g/mol. The Morgan fingerprint density at radius 1 is 1.04 bits per heavy atom. The summed E-state index contributed by atoms with van der Waals surface area (Å²) < 4.78 is 0. The molecule has 0 bridgehead atoms. The van der Waals surface area contributed by atoms with Gasteiger partial charge in [0.15, 0.2) is 0 Å². The van der Waals surface area contributed by atoms with E-state index in [0.29, 0.717) is 19.4 Å². The second-order valence-electron chi connectivity index (χ2n) is 6.94. The maximum absolute atomic E-state index is 12.9. The Kier molecular flexibility index (Phi) is 4.69. The van der Waals surface area contributed by atoms with Crippen LogP contribution in [0.4, 0.5) is 0 Å². The first-order chi connectivity index (χ1) is 11.1. The second kappa shape index (κ2) is 6.73. The zero-order valence-electron chi connectivity index (χ0n) is 14.0. The van der Waals surface area contributed by atoms with Crippen LogP contribution in [0.3, 0.4) is 0 Å². The number of rotatable bonds is 4. The molecule has 1 aromatic carbocycles. The summed E-state index contributed by atoms with van der Waals surface area (Å²) >= 11 is 0. The average Bonchev–Trinajstić information content (AvgIpc) is 3.39. The van der Waals surface area contributed by atoms with Gasteiger partial charge in [0, 0.05) is 26.7 Å². The molecule has 1 saturated carbocycles. The number of carbonyl (C=O) groups excluding carboxylic acids is 2. The fraction of sp³-hybridized carbons (Fsp3) is 0.579. The van der Waals surface area contributed by atoms with Crippen molar-refractivity contribution in [2.24, 2.45) is 5.41 Å². The van der Waals surface area contributed by atoms with Crippen molar-refractivity contribution in [3.8, 4) is 0 Å². The fourth-order valence-electron chi connectivity index (χ4n) is 3.52. The molecule has 0 N–H and O–H groups in total. The average molecular weight is 314 g/mol. The van der Waals surface area contributed by atoms with E-state index in [1.165, 1.54) is 12.8 Å². The smallest absolute Gasteiger partial charge is 0.238 e. The summed E-state index contributed by atoms with van der Waals surface area (Å²) in [5, 5.41) is 0. The third-order valence-corrected chi connectivity index (χ3v) is 5.07. The summed E-state index contributed by atoms with van der Waals surface area (Å²) in [5.74, 6) is 0.0694. The van der Waals surface area contributed by atoms with Crippen molar-refractivity contribution in [1.82, 2.24) is 9.80 Å². The molecule has 1 aliphatic carbocycles. The van der Waals surface area contributed by atoms with Crippen molar-refractivity contribution in [3.63, 3.8) is 0 Å². The highest BCUT2D eigenvalue weighted by Gasteiger charge is 2.58. The van der Waals surface area contributed by atoms with Gasteiger partial charge in [-0.15, -0.1) is 0 Å². The topological polar surface area (TPSA) is 40.6 Å². The molecule has 3 rings (SSSR count). The number of benzene rings is 1. The Balaban J connectivity index is 1.66. The second-order valence-corrected chi connectivity index (χ2v) is 6.94. The predicted octanol–water partition coefficient (Wildman–Crippen LogP) is 2.83. The van der Waals surface area contributed by atoms with Gasteiger partial charge in [0.25, 0.3) is 0 Å². The van der Waals surface area contributed by atoms with E-state index < -0.39 is 5.41 Å². The number of hydrogen-bond acceptors (Lipinski definition) is 2. The van der Waals surface area contributed by atoms with Gasteiger partial charge in [0.05, 0.1) is 0 Å². The summed E-state index contributed by atoms with van der Waals surface area (Å²) in [6.07, 6.45) is 5.93. The number of nitrogens with zero attached hydrogens (tertiary/aromatic N) is 2. The minimum atomic E-state index is -0.756. The van der Waals surface area contributed by atoms with Crippen LogP contribution in [-0.2, 0) is 16.1 Å². The third-order valence-electron chi connectivity index (χ3n) is 5.07. The normalized spacial score (nSPS) is 19.8. The zero-order chi connectivity index (χ0) is 16.3. The Bertz CT molecular complexity index is 558. The lowest BCUT2D eigenvalue weighted by molar-refractivity contribution is -0.149. The van der Waals surface area contributed by atoms with E-state index in [9.17, 15) is 9.59 Å². The molecule has 0 spiro atoms. The molecule has 1 heterocycles. The van der Waals surface area contributed by atoms with E-state index >= 15 is 0 Å². The summed E-state index contributed by atoms with van der Waals surface area (Å²) in [6.45, 7) is 2.20. The molecule has 23 heavy (non-hydrogen) atoms. The van der Waals surface area contributed by atoms with E-state index in [4.69, 9.17) is 0 Å². The van der Waals surface area contributed by atoms with Crippen LogP contribution in [0.15, 0.2) is 30.3 Å². The molecule has 4 nitrogen and oxygen atoms in total. The SMILES string of the molecule is CN(Cc1ccccc1)C(=O)C1(C(=O)N2CCCCCC2)CC1. The van der Waals surface area contributed by atoms with Crippen molar-refractivity contribution in [3.05, 3.63) is 35.9 Å². The van der Waals surface area contributed by atoms with E-state index in [2.05, 4.69) is 0 Å². The first-order valence-electron chi connectivity index (χ1n) is 8.72. The summed E-state index contributed by atoms with van der Waals surface area (Å²) in [5.41, 5.74) is 0.342. The van der Waals surface area contributed by atoms with Crippen molar-refractivity contribution < 1.29 is 9.59 Å². The van der Waals surface area contributed by atoms with Crippen LogP contribution >= 0.6 is 0 Å². The highest BCUT2D eigenvalue weighted by atomic mass is 16.2. The minimum absolute atomic E-state index is 0.00407.